The highest BCUT2D eigenvalue weighted by Crippen LogP contribution is 2.30. The van der Waals surface area contributed by atoms with E-state index in [0.717, 1.165) is 31.9 Å². The fourth-order valence-corrected chi connectivity index (χ4v) is 3.61. The third-order valence-corrected chi connectivity index (χ3v) is 5.14. The third-order valence-electron chi connectivity index (χ3n) is 5.14. The van der Waals surface area contributed by atoms with Crippen LogP contribution in [0, 0.1) is 0 Å². The highest BCUT2D eigenvalue weighted by atomic mass is 19.4. The van der Waals surface area contributed by atoms with Gasteiger partial charge >= 0.3 is 6.18 Å². The zero-order valence-corrected chi connectivity index (χ0v) is 15.6. The maximum atomic E-state index is 13.0. The monoisotopic (exact) mass is 407 g/mol. The molecule has 0 radical (unpaired) electrons. The molecule has 154 valence electrons. The Morgan fingerprint density at radius 1 is 1.17 bits per heavy atom. The number of aryl methyl sites for hydroxylation is 1. The lowest BCUT2D eigenvalue weighted by Crippen LogP contribution is -2.40. The van der Waals surface area contributed by atoms with Gasteiger partial charge in [0.25, 0.3) is 5.91 Å². The molecular formula is C18H20F3N7O. The van der Waals surface area contributed by atoms with Crippen molar-refractivity contribution in [3.63, 3.8) is 0 Å². The number of carbonyl (C=O) groups excluding carboxylic acids is 1. The number of nitrogens with zero attached hydrogens (tertiary/aromatic N) is 5. The molecule has 1 fully saturated rings. The Kier molecular flexibility index (Phi) is 4.89. The Balaban J connectivity index is 1.38. The molecule has 0 saturated heterocycles. The summed E-state index contributed by atoms with van der Waals surface area (Å²) in [7, 11) is 1.66. The normalized spacial score (nSPS) is 20.0. The van der Waals surface area contributed by atoms with Crippen LogP contribution in [0.3, 0.4) is 0 Å². The van der Waals surface area contributed by atoms with Crippen molar-refractivity contribution in [2.75, 3.05) is 5.32 Å². The smallest absolute Gasteiger partial charge is 0.368 e. The number of aromatic nitrogens is 5. The van der Waals surface area contributed by atoms with Crippen molar-refractivity contribution in [3.8, 4) is 0 Å². The topological polar surface area (TPSA) is 89.1 Å². The number of amides is 1. The number of anilines is 1. The number of carbonyl (C=O) groups is 1. The van der Waals surface area contributed by atoms with Gasteiger partial charge < -0.3 is 10.6 Å². The number of hydrogen-bond acceptors (Lipinski definition) is 5. The van der Waals surface area contributed by atoms with Gasteiger partial charge in [-0.15, -0.1) is 5.10 Å². The average molecular weight is 407 g/mol. The van der Waals surface area contributed by atoms with Gasteiger partial charge in [-0.2, -0.15) is 13.2 Å². The highest BCUT2D eigenvalue weighted by molar-refractivity contribution is 5.92. The van der Waals surface area contributed by atoms with Gasteiger partial charge in [-0.3, -0.25) is 9.20 Å². The summed E-state index contributed by atoms with van der Waals surface area (Å²) in [6.07, 6.45) is 1.04. The Labute approximate surface area is 164 Å². The fraction of sp³-hybridized carbons (Fsp3) is 0.444. The number of rotatable bonds is 4. The molecule has 3 aromatic rings. The minimum atomic E-state index is -4.48. The van der Waals surface area contributed by atoms with Gasteiger partial charge in [0.2, 0.25) is 0 Å². The predicted octanol–water partition coefficient (Wildman–Crippen LogP) is 2.63. The summed E-state index contributed by atoms with van der Waals surface area (Å²) in [6, 6.07) is 5.09. The summed E-state index contributed by atoms with van der Waals surface area (Å²) < 4.78 is 41.7. The Morgan fingerprint density at radius 3 is 2.55 bits per heavy atom. The van der Waals surface area contributed by atoms with E-state index in [1.54, 1.807) is 25.2 Å². The number of fused-ring (bicyclic) bond motifs is 1. The van der Waals surface area contributed by atoms with E-state index in [1.807, 2.05) is 0 Å². The summed E-state index contributed by atoms with van der Waals surface area (Å²) in [6.45, 7) is 0. The first kappa shape index (κ1) is 19.2. The van der Waals surface area contributed by atoms with Crippen LogP contribution < -0.4 is 10.6 Å². The van der Waals surface area contributed by atoms with Gasteiger partial charge in [-0.1, -0.05) is 11.3 Å². The quantitative estimate of drug-likeness (QED) is 0.694. The van der Waals surface area contributed by atoms with E-state index >= 15 is 0 Å². The molecule has 0 bridgehead atoms. The lowest BCUT2D eigenvalue weighted by molar-refractivity contribution is -0.140. The van der Waals surface area contributed by atoms with E-state index in [4.69, 9.17) is 0 Å². The fourth-order valence-electron chi connectivity index (χ4n) is 3.61. The molecule has 1 aliphatic carbocycles. The van der Waals surface area contributed by atoms with Gasteiger partial charge in [0.15, 0.2) is 5.69 Å². The van der Waals surface area contributed by atoms with Gasteiger partial charge in [0, 0.05) is 25.3 Å². The van der Waals surface area contributed by atoms with Crippen molar-refractivity contribution in [3.05, 3.63) is 42.0 Å². The molecule has 11 heteroatoms. The Morgan fingerprint density at radius 2 is 1.90 bits per heavy atom. The first-order chi connectivity index (χ1) is 13.8. The molecule has 8 nitrogen and oxygen atoms in total. The average Bonchev–Trinajstić information content (AvgIpc) is 3.30. The second-order valence-electron chi connectivity index (χ2n) is 7.17. The zero-order valence-electron chi connectivity index (χ0n) is 15.6. The van der Waals surface area contributed by atoms with Crippen molar-refractivity contribution >= 4 is 17.4 Å². The number of hydrogen-bond donors (Lipinski definition) is 2. The Hall–Kier alpha value is -3.11. The highest BCUT2D eigenvalue weighted by Gasteiger charge is 2.34. The number of pyridine rings is 1. The zero-order chi connectivity index (χ0) is 20.6. The first-order valence-electron chi connectivity index (χ1n) is 9.28. The van der Waals surface area contributed by atoms with Crippen molar-refractivity contribution in [1.82, 2.24) is 29.7 Å². The molecule has 29 heavy (non-hydrogen) atoms. The second kappa shape index (κ2) is 7.37. The molecule has 1 amide bonds. The molecule has 0 aromatic carbocycles. The lowest BCUT2D eigenvalue weighted by Gasteiger charge is -2.30. The molecule has 2 N–H and O–H groups in total. The maximum Gasteiger partial charge on any atom is 0.434 e. The predicted molar refractivity (Wildman–Crippen MR) is 98.3 cm³/mol. The van der Waals surface area contributed by atoms with E-state index in [9.17, 15) is 18.0 Å². The van der Waals surface area contributed by atoms with E-state index < -0.39 is 11.9 Å². The van der Waals surface area contributed by atoms with Crippen molar-refractivity contribution in [2.24, 2.45) is 7.05 Å². The number of alkyl halides is 3. The van der Waals surface area contributed by atoms with Crippen LogP contribution in [0.15, 0.2) is 30.6 Å². The molecule has 0 atom stereocenters. The lowest BCUT2D eigenvalue weighted by atomic mass is 9.91. The SMILES string of the molecule is Cn1nncc1C(=O)N[C@H]1CC[C@@H](Nc2cccc3nc(C(F)(F)F)cn23)CC1. The summed E-state index contributed by atoms with van der Waals surface area (Å²) in [4.78, 5) is 15.9. The van der Waals surface area contributed by atoms with Crippen LogP contribution >= 0.6 is 0 Å². The third kappa shape index (κ3) is 4.03. The second-order valence-corrected chi connectivity index (χ2v) is 7.17. The van der Waals surface area contributed by atoms with Gasteiger partial charge in [-0.25, -0.2) is 9.67 Å². The van der Waals surface area contributed by atoms with Crippen LogP contribution in [0.25, 0.3) is 5.65 Å². The van der Waals surface area contributed by atoms with Crippen LogP contribution in [0.1, 0.15) is 41.9 Å². The number of halogens is 3. The van der Waals surface area contributed by atoms with Gasteiger partial charge in [-0.05, 0) is 37.8 Å². The molecule has 0 spiro atoms. The van der Waals surface area contributed by atoms with Crippen LogP contribution in [0.5, 0.6) is 0 Å². The summed E-state index contributed by atoms with van der Waals surface area (Å²) in [5.74, 6) is 0.357. The van der Waals surface area contributed by atoms with Crippen molar-refractivity contribution < 1.29 is 18.0 Å². The van der Waals surface area contributed by atoms with Crippen LogP contribution in [0.4, 0.5) is 19.0 Å². The molecule has 0 aliphatic heterocycles. The van der Waals surface area contributed by atoms with E-state index in [-0.39, 0.29) is 23.6 Å². The standard InChI is InChI=1S/C18H20F3N7O/c1-27-13(9-22-26-27)17(29)24-12-7-5-11(6-8-12)23-15-3-2-4-16-25-14(10-28(15)16)18(19,20)21/h2-4,9-12,23H,5-8H2,1H3,(H,24,29)/t11-,12+. The summed E-state index contributed by atoms with van der Waals surface area (Å²) in [5.41, 5.74) is -0.270. The minimum absolute atomic E-state index is 0.0383. The van der Waals surface area contributed by atoms with Gasteiger partial charge in [0.1, 0.15) is 17.2 Å². The van der Waals surface area contributed by atoms with Gasteiger partial charge in [0.05, 0.1) is 6.20 Å². The molecular weight excluding hydrogens is 387 g/mol. The summed E-state index contributed by atoms with van der Waals surface area (Å²) >= 11 is 0. The van der Waals surface area contributed by atoms with Crippen LogP contribution in [0.2, 0.25) is 0 Å². The van der Waals surface area contributed by atoms with Crippen LogP contribution in [-0.2, 0) is 13.2 Å². The Bertz CT molecular complexity index is 1020. The number of imidazole rings is 1. The molecule has 1 aliphatic rings. The van der Waals surface area contributed by atoms with Crippen molar-refractivity contribution in [2.45, 2.75) is 43.9 Å². The minimum Gasteiger partial charge on any atom is -0.368 e. The molecule has 1 saturated carbocycles. The molecule has 3 aromatic heterocycles. The molecule has 3 heterocycles. The summed E-state index contributed by atoms with van der Waals surface area (Å²) in [5, 5.41) is 13.8. The van der Waals surface area contributed by atoms with E-state index in [1.165, 1.54) is 15.3 Å². The largest absolute Gasteiger partial charge is 0.434 e. The number of nitrogens with one attached hydrogen (secondary N) is 2. The first-order valence-corrected chi connectivity index (χ1v) is 9.28. The van der Waals surface area contributed by atoms with Crippen molar-refractivity contribution in [1.29, 1.82) is 0 Å². The van der Waals surface area contributed by atoms with E-state index in [0.29, 0.717) is 11.5 Å². The van der Waals surface area contributed by atoms with E-state index in [2.05, 4.69) is 25.9 Å². The maximum absolute atomic E-state index is 13.0. The molecule has 4 rings (SSSR count). The van der Waals surface area contributed by atoms with Crippen LogP contribution in [-0.4, -0.2) is 42.4 Å². The molecule has 0 unspecified atom stereocenters.